The molecule has 1 aromatic carbocycles. The molecule has 9 nitrogen and oxygen atoms in total. The molecule has 1 fully saturated rings. The summed E-state index contributed by atoms with van der Waals surface area (Å²) >= 11 is 0. The van der Waals surface area contributed by atoms with Gasteiger partial charge in [-0.05, 0) is 31.0 Å². The molecule has 0 aliphatic carbocycles. The van der Waals surface area contributed by atoms with E-state index in [1.54, 1.807) is 0 Å². The number of piperidine rings is 1. The summed E-state index contributed by atoms with van der Waals surface area (Å²) in [5.74, 6) is -1.75. The van der Waals surface area contributed by atoms with Gasteiger partial charge in [0.25, 0.3) is 5.91 Å². The summed E-state index contributed by atoms with van der Waals surface area (Å²) < 4.78 is 54.2. The van der Waals surface area contributed by atoms with Crippen LogP contribution in [-0.4, -0.2) is 66.0 Å². The van der Waals surface area contributed by atoms with E-state index in [1.807, 2.05) is 0 Å². The highest BCUT2D eigenvalue weighted by atomic mass is 32.2. The van der Waals surface area contributed by atoms with Crippen molar-refractivity contribution in [3.8, 4) is 11.3 Å². The number of rotatable bonds is 5. The summed E-state index contributed by atoms with van der Waals surface area (Å²) in [6.07, 6.45) is 4.56. The molecule has 2 aromatic heterocycles. The van der Waals surface area contributed by atoms with Crippen LogP contribution in [0.25, 0.3) is 22.2 Å². The van der Waals surface area contributed by atoms with Gasteiger partial charge in [0.1, 0.15) is 17.0 Å². The zero-order valence-corrected chi connectivity index (χ0v) is 18.8. The van der Waals surface area contributed by atoms with Crippen LogP contribution in [0.1, 0.15) is 23.2 Å². The number of amides is 1. The largest absolute Gasteiger partial charge is 0.355 e. The SMILES string of the molecule is CNC(=O)c1ccnc2c(F)cc(-c3nc(NC4CCN(S(C)(=O)=O)CC4)ncc3F)cc12. The molecule has 0 unspecified atom stereocenters. The lowest BCUT2D eigenvalue weighted by Crippen LogP contribution is -2.42. The summed E-state index contributed by atoms with van der Waals surface area (Å²) in [5.41, 5.74) is 0.195. The first-order chi connectivity index (χ1) is 15.7. The van der Waals surface area contributed by atoms with E-state index in [0.29, 0.717) is 25.9 Å². The molecule has 1 amide bonds. The van der Waals surface area contributed by atoms with Gasteiger partial charge in [-0.25, -0.2) is 31.5 Å². The van der Waals surface area contributed by atoms with E-state index in [4.69, 9.17) is 0 Å². The molecule has 4 rings (SSSR count). The average molecular weight is 477 g/mol. The van der Waals surface area contributed by atoms with Crippen LogP contribution in [-0.2, 0) is 10.0 Å². The third-order valence-electron chi connectivity index (χ3n) is 5.54. The van der Waals surface area contributed by atoms with Crippen molar-refractivity contribution in [1.82, 2.24) is 24.6 Å². The van der Waals surface area contributed by atoms with Crippen molar-refractivity contribution in [2.45, 2.75) is 18.9 Å². The van der Waals surface area contributed by atoms with Gasteiger partial charge in [0, 0.05) is 43.3 Å². The molecule has 3 aromatic rings. The van der Waals surface area contributed by atoms with Gasteiger partial charge in [-0.3, -0.25) is 9.78 Å². The standard InChI is InChI=1S/C21H22F2N6O3S/c1-24-20(30)14-3-6-25-19-15(14)9-12(10-16(19)22)18-17(23)11-26-21(28-18)27-13-4-7-29(8-5-13)33(2,31)32/h3,6,9-11,13H,4-5,7-8H2,1-2H3,(H,24,30)(H,26,27,28). The van der Waals surface area contributed by atoms with Gasteiger partial charge >= 0.3 is 0 Å². The van der Waals surface area contributed by atoms with Crippen molar-refractivity contribution in [3.63, 3.8) is 0 Å². The molecule has 1 aliphatic heterocycles. The maximum atomic E-state index is 14.8. The molecule has 33 heavy (non-hydrogen) atoms. The Morgan fingerprint density at radius 1 is 1.15 bits per heavy atom. The Balaban J connectivity index is 1.65. The van der Waals surface area contributed by atoms with Crippen LogP contribution in [0.5, 0.6) is 0 Å². The predicted octanol–water partition coefficient (Wildman–Crippen LogP) is 2.17. The molecule has 174 valence electrons. The Bertz CT molecular complexity index is 1330. The molecule has 0 spiro atoms. The molecule has 2 N–H and O–H groups in total. The normalized spacial score (nSPS) is 15.5. The summed E-state index contributed by atoms with van der Waals surface area (Å²) in [4.78, 5) is 24.4. The minimum Gasteiger partial charge on any atom is -0.355 e. The smallest absolute Gasteiger partial charge is 0.251 e. The monoisotopic (exact) mass is 476 g/mol. The number of nitrogens with zero attached hydrogens (tertiary/aromatic N) is 4. The second kappa shape index (κ2) is 8.94. The Morgan fingerprint density at radius 3 is 2.55 bits per heavy atom. The van der Waals surface area contributed by atoms with Gasteiger partial charge in [0.15, 0.2) is 5.82 Å². The van der Waals surface area contributed by atoms with Crippen LogP contribution in [0.4, 0.5) is 14.7 Å². The van der Waals surface area contributed by atoms with Gasteiger partial charge in [0.2, 0.25) is 16.0 Å². The van der Waals surface area contributed by atoms with Crippen LogP contribution in [0.3, 0.4) is 0 Å². The summed E-state index contributed by atoms with van der Waals surface area (Å²) in [7, 11) is -1.79. The molecule has 12 heteroatoms. The molecule has 0 saturated carbocycles. The number of fused-ring (bicyclic) bond motifs is 1. The number of carbonyl (C=O) groups is 1. The van der Waals surface area contributed by atoms with Gasteiger partial charge in [-0.2, -0.15) is 0 Å². The van der Waals surface area contributed by atoms with Gasteiger partial charge < -0.3 is 10.6 Å². The molecular weight excluding hydrogens is 454 g/mol. The van der Waals surface area contributed by atoms with Crippen LogP contribution >= 0.6 is 0 Å². The van der Waals surface area contributed by atoms with Crippen LogP contribution in [0.15, 0.2) is 30.6 Å². The fourth-order valence-electron chi connectivity index (χ4n) is 3.83. The van der Waals surface area contributed by atoms with Crippen LogP contribution in [0, 0.1) is 11.6 Å². The zero-order chi connectivity index (χ0) is 23.8. The minimum absolute atomic E-state index is 0.00898. The number of pyridine rings is 1. The van der Waals surface area contributed by atoms with E-state index in [2.05, 4.69) is 25.6 Å². The maximum absolute atomic E-state index is 14.8. The topological polar surface area (TPSA) is 117 Å². The van der Waals surface area contributed by atoms with Crippen molar-refractivity contribution >= 4 is 32.8 Å². The molecule has 1 aliphatic rings. The lowest BCUT2D eigenvalue weighted by Gasteiger charge is -2.30. The Labute approximate surface area is 189 Å². The number of hydrogen-bond donors (Lipinski definition) is 2. The lowest BCUT2D eigenvalue weighted by molar-refractivity contribution is 0.0964. The second-order valence-electron chi connectivity index (χ2n) is 7.76. The Kier molecular flexibility index (Phi) is 6.21. The molecule has 0 bridgehead atoms. The number of aromatic nitrogens is 3. The zero-order valence-electron chi connectivity index (χ0n) is 18.0. The van der Waals surface area contributed by atoms with Crippen molar-refractivity contribution in [2.24, 2.45) is 0 Å². The highest BCUT2D eigenvalue weighted by Crippen LogP contribution is 2.29. The summed E-state index contributed by atoms with van der Waals surface area (Å²) in [6.45, 7) is 0.714. The summed E-state index contributed by atoms with van der Waals surface area (Å²) in [5, 5.41) is 5.82. The fraction of sp³-hybridized carbons (Fsp3) is 0.333. The van der Waals surface area contributed by atoms with Crippen molar-refractivity contribution < 1.29 is 22.0 Å². The van der Waals surface area contributed by atoms with E-state index in [0.717, 1.165) is 12.3 Å². The van der Waals surface area contributed by atoms with E-state index in [-0.39, 0.29) is 39.7 Å². The third kappa shape index (κ3) is 4.76. The first kappa shape index (κ1) is 22.9. The Morgan fingerprint density at radius 2 is 1.88 bits per heavy atom. The van der Waals surface area contributed by atoms with E-state index >= 15 is 0 Å². The average Bonchev–Trinajstić information content (AvgIpc) is 2.79. The second-order valence-corrected chi connectivity index (χ2v) is 9.75. The van der Waals surface area contributed by atoms with Crippen molar-refractivity contribution in [2.75, 3.05) is 31.7 Å². The first-order valence-electron chi connectivity index (χ1n) is 10.2. The number of sulfonamides is 1. The first-order valence-corrected chi connectivity index (χ1v) is 12.1. The van der Waals surface area contributed by atoms with Gasteiger partial charge in [0.05, 0.1) is 18.0 Å². The van der Waals surface area contributed by atoms with Crippen LogP contribution < -0.4 is 10.6 Å². The highest BCUT2D eigenvalue weighted by molar-refractivity contribution is 7.88. The predicted molar refractivity (Wildman–Crippen MR) is 119 cm³/mol. The van der Waals surface area contributed by atoms with Crippen molar-refractivity contribution in [1.29, 1.82) is 0 Å². The molecule has 3 heterocycles. The van der Waals surface area contributed by atoms with E-state index in [9.17, 15) is 22.0 Å². The number of benzene rings is 1. The number of halogens is 2. The van der Waals surface area contributed by atoms with Gasteiger partial charge in [-0.1, -0.05) is 0 Å². The number of nitrogens with one attached hydrogen (secondary N) is 2. The van der Waals surface area contributed by atoms with E-state index < -0.39 is 27.6 Å². The molecular formula is C21H22F2N6O3S. The quantitative estimate of drug-likeness (QED) is 0.580. The lowest BCUT2D eigenvalue weighted by atomic mass is 10.0. The molecule has 1 saturated heterocycles. The van der Waals surface area contributed by atoms with Crippen LogP contribution in [0.2, 0.25) is 0 Å². The fourth-order valence-corrected chi connectivity index (χ4v) is 4.71. The maximum Gasteiger partial charge on any atom is 0.251 e. The molecule has 0 atom stereocenters. The van der Waals surface area contributed by atoms with E-state index in [1.165, 1.54) is 35.9 Å². The van der Waals surface area contributed by atoms with Crippen molar-refractivity contribution in [3.05, 3.63) is 47.8 Å². The molecule has 0 radical (unpaired) electrons. The minimum atomic E-state index is -3.25. The number of anilines is 1. The third-order valence-corrected chi connectivity index (χ3v) is 6.85. The Hall–Kier alpha value is -3.25. The summed E-state index contributed by atoms with van der Waals surface area (Å²) in [6, 6.07) is 3.94. The number of carbonyl (C=O) groups excluding carboxylic acids is 1. The highest BCUT2D eigenvalue weighted by Gasteiger charge is 2.25. The number of hydrogen-bond acceptors (Lipinski definition) is 7. The van der Waals surface area contributed by atoms with Gasteiger partial charge in [-0.15, -0.1) is 0 Å².